The zero-order valence-corrected chi connectivity index (χ0v) is 13.9. The standard InChI is InChI=1S/C17H22N6O/c1-14-4-5-15(21-20-14)22-10-11-24-17(12-22)6-2-9-23(13-17)16-18-7-3-8-19-16/h3-5,7-8H,2,6,9-13H2,1H3. The first kappa shape index (κ1) is 15.3. The topological polar surface area (TPSA) is 67.3 Å². The molecule has 0 N–H and O–H groups in total. The zero-order chi connectivity index (χ0) is 16.4. The second kappa shape index (κ2) is 6.32. The van der Waals surface area contributed by atoms with Gasteiger partial charge in [-0.15, -0.1) is 5.10 Å². The fourth-order valence-corrected chi connectivity index (χ4v) is 3.57. The monoisotopic (exact) mass is 326 g/mol. The molecule has 0 bridgehead atoms. The maximum atomic E-state index is 6.25. The number of rotatable bonds is 2. The smallest absolute Gasteiger partial charge is 0.225 e. The van der Waals surface area contributed by atoms with Crippen LogP contribution in [0.15, 0.2) is 30.6 Å². The number of aryl methyl sites for hydroxylation is 1. The van der Waals surface area contributed by atoms with Gasteiger partial charge < -0.3 is 14.5 Å². The third-order valence-corrected chi connectivity index (χ3v) is 4.73. The van der Waals surface area contributed by atoms with Crippen molar-refractivity contribution in [3.05, 3.63) is 36.3 Å². The highest BCUT2D eigenvalue weighted by atomic mass is 16.5. The highest BCUT2D eigenvalue weighted by molar-refractivity contribution is 5.40. The van der Waals surface area contributed by atoms with Crippen LogP contribution >= 0.6 is 0 Å². The van der Waals surface area contributed by atoms with E-state index in [0.717, 1.165) is 56.5 Å². The van der Waals surface area contributed by atoms with Gasteiger partial charge in [-0.05, 0) is 38.0 Å². The molecular weight excluding hydrogens is 304 g/mol. The summed E-state index contributed by atoms with van der Waals surface area (Å²) >= 11 is 0. The van der Waals surface area contributed by atoms with E-state index in [4.69, 9.17) is 4.74 Å². The number of anilines is 2. The maximum Gasteiger partial charge on any atom is 0.225 e. The van der Waals surface area contributed by atoms with Gasteiger partial charge in [0, 0.05) is 25.5 Å². The first-order valence-corrected chi connectivity index (χ1v) is 8.45. The van der Waals surface area contributed by atoms with Crippen LogP contribution in [0.25, 0.3) is 0 Å². The van der Waals surface area contributed by atoms with E-state index in [1.54, 1.807) is 12.4 Å². The van der Waals surface area contributed by atoms with Crippen LogP contribution in [0, 0.1) is 6.92 Å². The van der Waals surface area contributed by atoms with E-state index in [1.165, 1.54) is 0 Å². The molecule has 0 saturated carbocycles. The number of morpholine rings is 1. The van der Waals surface area contributed by atoms with Crippen molar-refractivity contribution in [1.82, 2.24) is 20.2 Å². The summed E-state index contributed by atoms with van der Waals surface area (Å²) in [7, 11) is 0. The molecule has 2 saturated heterocycles. The number of nitrogens with zero attached hydrogens (tertiary/aromatic N) is 6. The van der Waals surface area contributed by atoms with E-state index in [-0.39, 0.29) is 5.60 Å². The van der Waals surface area contributed by atoms with Crippen molar-refractivity contribution in [2.24, 2.45) is 0 Å². The van der Waals surface area contributed by atoms with Crippen molar-refractivity contribution < 1.29 is 4.74 Å². The normalized spacial score (nSPS) is 24.4. The number of aromatic nitrogens is 4. The minimum absolute atomic E-state index is 0.192. The fourth-order valence-electron chi connectivity index (χ4n) is 3.57. The summed E-state index contributed by atoms with van der Waals surface area (Å²) in [4.78, 5) is 13.3. The lowest BCUT2D eigenvalue weighted by Gasteiger charge is -2.48. The average Bonchev–Trinajstić information content (AvgIpc) is 2.63. The Morgan fingerprint density at radius 1 is 1.04 bits per heavy atom. The Labute approximate surface area is 141 Å². The van der Waals surface area contributed by atoms with E-state index in [9.17, 15) is 0 Å². The SMILES string of the molecule is Cc1ccc(N2CCOC3(CCCN(c4ncccn4)C3)C2)nn1. The van der Waals surface area contributed by atoms with E-state index in [0.29, 0.717) is 6.61 Å². The highest BCUT2D eigenvalue weighted by Gasteiger charge is 2.41. The molecule has 1 spiro atoms. The van der Waals surface area contributed by atoms with Crippen LogP contribution in [0.5, 0.6) is 0 Å². The Morgan fingerprint density at radius 3 is 2.67 bits per heavy atom. The Balaban J connectivity index is 1.52. The fraction of sp³-hybridized carbons (Fsp3) is 0.529. The molecule has 0 aromatic carbocycles. The largest absolute Gasteiger partial charge is 0.369 e. The van der Waals surface area contributed by atoms with Crippen molar-refractivity contribution >= 4 is 11.8 Å². The van der Waals surface area contributed by atoms with Crippen molar-refractivity contribution in [3.63, 3.8) is 0 Å². The average molecular weight is 326 g/mol. The molecule has 126 valence electrons. The van der Waals surface area contributed by atoms with Crippen molar-refractivity contribution in [3.8, 4) is 0 Å². The van der Waals surface area contributed by atoms with Crippen LogP contribution in [0.3, 0.4) is 0 Å². The Morgan fingerprint density at radius 2 is 1.88 bits per heavy atom. The van der Waals surface area contributed by atoms with E-state index in [1.807, 2.05) is 25.1 Å². The summed E-state index contributed by atoms with van der Waals surface area (Å²) in [6.45, 7) is 6.12. The molecule has 0 radical (unpaired) electrons. The van der Waals surface area contributed by atoms with Gasteiger partial charge in [0.05, 0.1) is 25.4 Å². The molecule has 2 aliphatic heterocycles. The number of ether oxygens (including phenoxy) is 1. The molecule has 7 nitrogen and oxygen atoms in total. The van der Waals surface area contributed by atoms with E-state index >= 15 is 0 Å². The van der Waals surface area contributed by atoms with E-state index in [2.05, 4.69) is 30.0 Å². The summed E-state index contributed by atoms with van der Waals surface area (Å²) in [5, 5.41) is 8.53. The minimum atomic E-state index is -0.192. The third-order valence-electron chi connectivity index (χ3n) is 4.73. The van der Waals surface area contributed by atoms with Crippen LogP contribution in [-0.2, 0) is 4.74 Å². The Hall–Kier alpha value is -2.28. The minimum Gasteiger partial charge on any atom is -0.369 e. The molecule has 2 aromatic rings. The molecule has 4 heterocycles. The van der Waals surface area contributed by atoms with E-state index < -0.39 is 0 Å². The van der Waals surface area contributed by atoms with Crippen LogP contribution in [0.1, 0.15) is 18.5 Å². The molecule has 7 heteroatoms. The van der Waals surface area contributed by atoms with Gasteiger partial charge in [-0.2, -0.15) is 5.10 Å². The van der Waals surface area contributed by atoms with Crippen molar-refractivity contribution in [2.45, 2.75) is 25.4 Å². The Bertz CT molecular complexity index is 675. The van der Waals surface area contributed by atoms with Crippen LogP contribution in [-0.4, -0.2) is 58.6 Å². The van der Waals surface area contributed by atoms with Gasteiger partial charge in [0.2, 0.25) is 5.95 Å². The lowest BCUT2D eigenvalue weighted by atomic mass is 9.91. The van der Waals surface area contributed by atoms with Crippen molar-refractivity contribution in [2.75, 3.05) is 42.6 Å². The Kier molecular flexibility index (Phi) is 4.02. The first-order valence-electron chi connectivity index (χ1n) is 8.45. The van der Waals surface area contributed by atoms with Gasteiger partial charge in [-0.1, -0.05) is 0 Å². The van der Waals surface area contributed by atoms with Gasteiger partial charge in [-0.3, -0.25) is 0 Å². The molecule has 0 aliphatic carbocycles. The molecule has 2 fully saturated rings. The molecular formula is C17H22N6O. The summed E-state index contributed by atoms with van der Waals surface area (Å²) < 4.78 is 6.25. The number of piperidine rings is 1. The summed E-state index contributed by atoms with van der Waals surface area (Å²) in [5.41, 5.74) is 0.745. The number of hydrogen-bond donors (Lipinski definition) is 0. The molecule has 24 heavy (non-hydrogen) atoms. The second-order valence-corrected chi connectivity index (χ2v) is 6.56. The molecule has 4 rings (SSSR count). The summed E-state index contributed by atoms with van der Waals surface area (Å²) in [6.07, 6.45) is 5.71. The van der Waals surface area contributed by atoms with Gasteiger partial charge in [0.25, 0.3) is 0 Å². The van der Waals surface area contributed by atoms with Gasteiger partial charge >= 0.3 is 0 Å². The molecule has 2 aromatic heterocycles. The lowest BCUT2D eigenvalue weighted by Crippen LogP contribution is -2.60. The summed E-state index contributed by atoms with van der Waals surface area (Å²) in [6, 6.07) is 5.90. The third kappa shape index (κ3) is 3.03. The summed E-state index contributed by atoms with van der Waals surface area (Å²) in [5.74, 6) is 1.71. The lowest BCUT2D eigenvalue weighted by molar-refractivity contribution is -0.0633. The van der Waals surface area contributed by atoms with Crippen LogP contribution in [0.2, 0.25) is 0 Å². The molecule has 2 aliphatic rings. The first-order chi connectivity index (χ1) is 11.7. The van der Waals surface area contributed by atoms with Gasteiger partial charge in [0.15, 0.2) is 5.82 Å². The maximum absolute atomic E-state index is 6.25. The highest BCUT2D eigenvalue weighted by Crippen LogP contribution is 2.31. The molecule has 1 unspecified atom stereocenters. The van der Waals surface area contributed by atoms with Crippen LogP contribution in [0.4, 0.5) is 11.8 Å². The predicted molar refractivity (Wildman–Crippen MR) is 91.1 cm³/mol. The van der Waals surface area contributed by atoms with Gasteiger partial charge in [-0.25, -0.2) is 9.97 Å². The predicted octanol–water partition coefficient (Wildman–Crippen LogP) is 1.45. The van der Waals surface area contributed by atoms with Crippen LogP contribution < -0.4 is 9.80 Å². The zero-order valence-electron chi connectivity index (χ0n) is 13.9. The number of hydrogen-bond acceptors (Lipinski definition) is 7. The van der Waals surface area contributed by atoms with Crippen molar-refractivity contribution in [1.29, 1.82) is 0 Å². The quantitative estimate of drug-likeness (QED) is 0.827. The molecule has 0 amide bonds. The molecule has 1 atom stereocenters. The second-order valence-electron chi connectivity index (χ2n) is 6.56. The van der Waals surface area contributed by atoms with Gasteiger partial charge in [0.1, 0.15) is 5.60 Å².